The topological polar surface area (TPSA) is 76.2 Å². The summed E-state index contributed by atoms with van der Waals surface area (Å²) in [4.78, 5) is 44.3. The van der Waals surface area contributed by atoms with E-state index in [2.05, 4.69) is 0 Å². The summed E-state index contributed by atoms with van der Waals surface area (Å²) in [5.74, 6) is 1.89. The molecule has 0 radical (unpaired) electrons. The van der Waals surface area contributed by atoms with Crippen LogP contribution in [0.4, 0.5) is 0 Å². The quantitative estimate of drug-likeness (QED) is 0.659. The van der Waals surface area contributed by atoms with Crippen molar-refractivity contribution < 1.29 is 23.9 Å². The Morgan fingerprint density at radius 2 is 1.83 bits per heavy atom. The highest BCUT2D eigenvalue weighted by Gasteiger charge is 2.66. The number of nitrogens with zero attached hydrogens (tertiary/aromatic N) is 2. The van der Waals surface area contributed by atoms with Crippen LogP contribution in [0.2, 0.25) is 0 Å². The number of fused-ring (bicyclic) bond motifs is 2. The normalized spacial score (nSPS) is 29.5. The van der Waals surface area contributed by atoms with Gasteiger partial charge in [-0.15, -0.1) is 0 Å². The monoisotopic (exact) mass is 478 g/mol. The maximum atomic E-state index is 14.2. The number of carbonyl (C=O) groups is 3. The molecule has 0 N–H and O–H groups in total. The highest BCUT2D eigenvalue weighted by molar-refractivity contribution is 5.99. The van der Waals surface area contributed by atoms with Gasteiger partial charge in [-0.05, 0) is 62.4 Å². The second-order valence-electron chi connectivity index (χ2n) is 11.8. The standard InChI is InChI=1S/C28H34N2O5/c1-27(2,3)30-23-13-19(31)10-11-28(23)20-14-22-21(34-16-35-22)12-18(20)15-29(25(28)26(30)33)24(32)9-8-17-6-4-5-7-17/h10-12,14,17,23,25H,4-9,13,15-16H2,1-3H3/t23-,25+,28?/m0/s1. The van der Waals surface area contributed by atoms with Crippen molar-refractivity contribution in [1.82, 2.24) is 9.80 Å². The molecule has 186 valence electrons. The third-order valence-corrected chi connectivity index (χ3v) is 8.73. The molecule has 2 aliphatic carbocycles. The van der Waals surface area contributed by atoms with E-state index in [9.17, 15) is 14.4 Å². The fourth-order valence-corrected chi connectivity index (χ4v) is 7.24. The van der Waals surface area contributed by atoms with Gasteiger partial charge in [0.25, 0.3) is 0 Å². The molecule has 1 unspecified atom stereocenters. The second-order valence-corrected chi connectivity index (χ2v) is 11.8. The van der Waals surface area contributed by atoms with Crippen LogP contribution in [-0.2, 0) is 26.3 Å². The molecule has 3 aliphatic heterocycles. The summed E-state index contributed by atoms with van der Waals surface area (Å²) in [5.41, 5.74) is 0.648. The van der Waals surface area contributed by atoms with E-state index in [1.54, 1.807) is 11.0 Å². The first kappa shape index (κ1) is 22.6. The van der Waals surface area contributed by atoms with E-state index in [0.717, 1.165) is 17.5 Å². The van der Waals surface area contributed by atoms with E-state index < -0.39 is 17.0 Å². The molecule has 1 aromatic rings. The zero-order valence-corrected chi connectivity index (χ0v) is 20.8. The van der Waals surface area contributed by atoms with Gasteiger partial charge in [-0.3, -0.25) is 14.4 Å². The Bertz CT molecular complexity index is 1130. The minimum Gasteiger partial charge on any atom is -0.454 e. The molecule has 2 fully saturated rings. The maximum Gasteiger partial charge on any atom is 0.247 e. The van der Waals surface area contributed by atoms with Crippen LogP contribution in [0.1, 0.15) is 76.8 Å². The van der Waals surface area contributed by atoms with Gasteiger partial charge in [-0.1, -0.05) is 31.8 Å². The molecule has 7 nitrogen and oxygen atoms in total. The summed E-state index contributed by atoms with van der Waals surface area (Å²) in [6.45, 7) is 6.53. The second kappa shape index (κ2) is 7.84. The number of hydrogen-bond donors (Lipinski definition) is 0. The first-order chi connectivity index (χ1) is 16.7. The largest absolute Gasteiger partial charge is 0.454 e. The number of ketones is 1. The highest BCUT2D eigenvalue weighted by Crippen LogP contribution is 2.55. The number of hydrogen-bond acceptors (Lipinski definition) is 5. The molecule has 1 spiro atoms. The van der Waals surface area contributed by atoms with Crippen LogP contribution < -0.4 is 9.47 Å². The number of amides is 2. The number of benzene rings is 1. The minimum atomic E-state index is -0.796. The summed E-state index contributed by atoms with van der Waals surface area (Å²) in [5, 5.41) is 0. The van der Waals surface area contributed by atoms with Gasteiger partial charge in [0.2, 0.25) is 18.6 Å². The summed E-state index contributed by atoms with van der Waals surface area (Å²) in [6, 6.07) is 2.92. The molecule has 0 aromatic heterocycles. The Hall–Kier alpha value is -2.83. The Kier molecular flexibility index (Phi) is 5.07. The molecular weight excluding hydrogens is 444 g/mol. The molecule has 1 saturated carbocycles. The van der Waals surface area contributed by atoms with Gasteiger partial charge in [0.05, 0.1) is 11.5 Å². The summed E-state index contributed by atoms with van der Waals surface area (Å²) in [7, 11) is 0. The summed E-state index contributed by atoms with van der Waals surface area (Å²) < 4.78 is 11.4. The van der Waals surface area contributed by atoms with Crippen molar-refractivity contribution in [3.8, 4) is 11.5 Å². The lowest BCUT2D eigenvalue weighted by molar-refractivity contribution is -0.146. The van der Waals surface area contributed by atoms with Crippen molar-refractivity contribution in [3.63, 3.8) is 0 Å². The molecule has 1 aromatic carbocycles. The maximum absolute atomic E-state index is 14.2. The molecular formula is C28H34N2O5. The van der Waals surface area contributed by atoms with Gasteiger partial charge in [-0.25, -0.2) is 0 Å². The lowest BCUT2D eigenvalue weighted by Crippen LogP contribution is -2.59. The molecule has 2 amide bonds. The van der Waals surface area contributed by atoms with Gasteiger partial charge < -0.3 is 19.3 Å². The zero-order chi connectivity index (χ0) is 24.5. The predicted octanol–water partition coefficient (Wildman–Crippen LogP) is 3.87. The Morgan fingerprint density at radius 1 is 1.11 bits per heavy atom. The van der Waals surface area contributed by atoms with Crippen molar-refractivity contribution >= 4 is 17.6 Å². The van der Waals surface area contributed by atoms with Crippen LogP contribution in [0.5, 0.6) is 11.5 Å². The molecule has 3 atom stereocenters. The fraction of sp³-hybridized carbons (Fsp3) is 0.607. The number of carbonyl (C=O) groups excluding carboxylic acids is 3. The van der Waals surface area contributed by atoms with Crippen LogP contribution in [0, 0.1) is 5.92 Å². The number of likely N-dealkylation sites (tertiary alicyclic amines) is 1. The number of rotatable bonds is 3. The lowest BCUT2D eigenvalue weighted by atomic mass is 9.63. The van der Waals surface area contributed by atoms with E-state index in [0.29, 0.717) is 30.4 Å². The van der Waals surface area contributed by atoms with Gasteiger partial charge in [0.1, 0.15) is 6.04 Å². The van der Waals surface area contributed by atoms with Crippen molar-refractivity contribution in [1.29, 1.82) is 0 Å². The predicted molar refractivity (Wildman–Crippen MR) is 129 cm³/mol. The molecule has 35 heavy (non-hydrogen) atoms. The Labute approximate surface area is 206 Å². The third kappa shape index (κ3) is 3.34. The molecule has 3 heterocycles. The highest BCUT2D eigenvalue weighted by atomic mass is 16.7. The van der Waals surface area contributed by atoms with E-state index >= 15 is 0 Å². The first-order valence-electron chi connectivity index (χ1n) is 13.0. The third-order valence-electron chi connectivity index (χ3n) is 8.73. The fourth-order valence-electron chi connectivity index (χ4n) is 7.24. The molecule has 5 aliphatic rings. The van der Waals surface area contributed by atoms with Gasteiger partial charge in [0, 0.05) is 24.9 Å². The van der Waals surface area contributed by atoms with Crippen LogP contribution in [0.25, 0.3) is 0 Å². The Balaban J connectivity index is 1.49. The minimum absolute atomic E-state index is 0.00954. The first-order valence-corrected chi connectivity index (χ1v) is 13.0. The van der Waals surface area contributed by atoms with Crippen molar-refractivity contribution in [2.24, 2.45) is 5.92 Å². The molecule has 6 rings (SSSR count). The van der Waals surface area contributed by atoms with E-state index in [1.807, 2.05) is 43.9 Å². The average molecular weight is 479 g/mol. The zero-order valence-electron chi connectivity index (χ0n) is 20.8. The summed E-state index contributed by atoms with van der Waals surface area (Å²) in [6.07, 6.45) is 9.97. The summed E-state index contributed by atoms with van der Waals surface area (Å²) >= 11 is 0. The van der Waals surface area contributed by atoms with E-state index in [1.165, 1.54) is 25.7 Å². The average Bonchev–Trinajstić information content (AvgIpc) is 3.53. The van der Waals surface area contributed by atoms with Crippen LogP contribution >= 0.6 is 0 Å². The van der Waals surface area contributed by atoms with Gasteiger partial charge >= 0.3 is 0 Å². The van der Waals surface area contributed by atoms with Gasteiger partial charge in [0.15, 0.2) is 17.3 Å². The Morgan fingerprint density at radius 3 is 2.54 bits per heavy atom. The van der Waals surface area contributed by atoms with Crippen molar-refractivity contribution in [3.05, 3.63) is 35.4 Å². The molecule has 1 saturated heterocycles. The number of allylic oxidation sites excluding steroid dienone is 1. The molecule has 0 bridgehead atoms. The van der Waals surface area contributed by atoms with E-state index in [4.69, 9.17) is 9.47 Å². The van der Waals surface area contributed by atoms with Crippen molar-refractivity contribution in [2.45, 2.75) is 95.3 Å². The van der Waals surface area contributed by atoms with Crippen molar-refractivity contribution in [2.75, 3.05) is 6.79 Å². The lowest BCUT2D eigenvalue weighted by Gasteiger charge is -2.48. The van der Waals surface area contributed by atoms with Crippen LogP contribution in [0.15, 0.2) is 24.3 Å². The van der Waals surface area contributed by atoms with Crippen LogP contribution in [-0.4, -0.2) is 51.8 Å². The van der Waals surface area contributed by atoms with E-state index in [-0.39, 0.29) is 36.9 Å². The van der Waals surface area contributed by atoms with Crippen LogP contribution in [0.3, 0.4) is 0 Å². The molecule has 7 heteroatoms. The SMILES string of the molecule is CC(C)(C)N1C(=O)[C@H]2N(C(=O)CCC3CCCC3)Cc3cc4c(cc3C23C=CC(=O)C[C@H]13)OCO4. The number of ether oxygens (including phenoxy) is 2. The smallest absolute Gasteiger partial charge is 0.247 e. The van der Waals surface area contributed by atoms with Gasteiger partial charge in [-0.2, -0.15) is 0 Å².